The molecule has 0 saturated carbocycles. The quantitative estimate of drug-likeness (QED) is 0.695. The van der Waals surface area contributed by atoms with Gasteiger partial charge in [0, 0.05) is 12.5 Å². The van der Waals surface area contributed by atoms with E-state index in [0.29, 0.717) is 6.10 Å². The molecule has 3 atom stereocenters. The molecule has 2 aliphatic heterocycles. The minimum atomic E-state index is -1.44. The van der Waals surface area contributed by atoms with Crippen LogP contribution in [0.5, 0.6) is 0 Å². The van der Waals surface area contributed by atoms with Gasteiger partial charge in [0.1, 0.15) is 17.6 Å². The van der Waals surface area contributed by atoms with Crippen molar-refractivity contribution in [1.29, 1.82) is 0 Å². The van der Waals surface area contributed by atoms with E-state index in [0.717, 1.165) is 12.5 Å². The van der Waals surface area contributed by atoms with Crippen molar-refractivity contribution in [1.82, 2.24) is 4.67 Å². The molecule has 3 unspecified atom stereocenters. The summed E-state index contributed by atoms with van der Waals surface area (Å²) in [5.41, 5.74) is 0. The van der Waals surface area contributed by atoms with E-state index in [1.165, 1.54) is 18.0 Å². The molecule has 0 radical (unpaired) electrons. The first-order valence-electron chi connectivity index (χ1n) is 6.08. The Morgan fingerprint density at radius 2 is 1.94 bits per heavy atom. The Labute approximate surface area is 98.1 Å². The van der Waals surface area contributed by atoms with Crippen molar-refractivity contribution in [3.8, 4) is 0 Å². The summed E-state index contributed by atoms with van der Waals surface area (Å²) >= 11 is 0. The van der Waals surface area contributed by atoms with Gasteiger partial charge in [-0.15, -0.1) is 4.67 Å². The van der Waals surface area contributed by atoms with Crippen LogP contribution < -0.4 is 5.30 Å². The molecule has 0 N–H and O–H groups in total. The zero-order chi connectivity index (χ0) is 11.2. The molecule has 3 heteroatoms. The summed E-state index contributed by atoms with van der Waals surface area (Å²) in [7, 11) is -1.44. The number of hydrogen-bond donors (Lipinski definition) is 0. The molecule has 2 aliphatic rings. The lowest BCUT2D eigenvalue weighted by Crippen LogP contribution is -2.22. The Morgan fingerprint density at radius 3 is 2.69 bits per heavy atom. The lowest BCUT2D eigenvalue weighted by Gasteiger charge is -2.20. The average molecular weight is 236 g/mol. The van der Waals surface area contributed by atoms with Gasteiger partial charge in [-0.05, 0) is 19.1 Å². The molecule has 86 valence electrons. The molecule has 2 saturated heterocycles. The second-order valence-corrected chi connectivity index (χ2v) is 8.17. The summed E-state index contributed by atoms with van der Waals surface area (Å²) < 4.78 is 8.99. The normalized spacial score (nSPS) is 38.9. The number of hydrogen-bond acceptors (Lipinski definition) is 2. The topological polar surface area (TPSA) is 12.5 Å². The van der Waals surface area contributed by atoms with E-state index in [1.807, 2.05) is 0 Å². The Bertz CT molecular complexity index is 367. The summed E-state index contributed by atoms with van der Waals surface area (Å²) in [6, 6.07) is 10.9. The molecule has 0 amide bonds. The second-order valence-electron chi connectivity index (χ2n) is 5.11. The number of fused-ring (bicyclic) bond motifs is 1. The first kappa shape index (κ1) is 10.7. The van der Waals surface area contributed by atoms with Crippen LogP contribution >= 0.6 is 7.64 Å². The highest BCUT2D eigenvalue weighted by atomic mass is 31.2. The van der Waals surface area contributed by atoms with Crippen molar-refractivity contribution >= 4 is 12.9 Å². The first-order chi connectivity index (χ1) is 7.71. The minimum absolute atomic E-state index is 0.404. The average Bonchev–Trinajstić information content (AvgIpc) is 2.71. The molecule has 0 aromatic heterocycles. The van der Waals surface area contributed by atoms with Crippen molar-refractivity contribution in [2.75, 3.05) is 19.3 Å². The number of benzene rings is 1. The van der Waals surface area contributed by atoms with Gasteiger partial charge in [0.2, 0.25) is 7.64 Å². The van der Waals surface area contributed by atoms with Crippen LogP contribution in [0.1, 0.15) is 13.8 Å². The fraction of sp³-hybridized carbons (Fsp3) is 0.538. The zero-order valence-corrected chi connectivity index (χ0v) is 10.9. The molecule has 2 fully saturated rings. The van der Waals surface area contributed by atoms with Gasteiger partial charge in [0.05, 0.1) is 6.54 Å². The Balaban J connectivity index is 2.01. The fourth-order valence-corrected chi connectivity index (χ4v) is 7.43. The molecule has 0 bridgehead atoms. The van der Waals surface area contributed by atoms with Crippen LogP contribution in [0.25, 0.3) is 0 Å². The lowest BCUT2D eigenvalue weighted by atomic mass is 10.2. The van der Waals surface area contributed by atoms with Gasteiger partial charge in [-0.3, -0.25) is 0 Å². The minimum Gasteiger partial charge on any atom is -0.209 e. The highest BCUT2D eigenvalue weighted by Gasteiger charge is 2.61. The molecule has 3 rings (SSSR count). The predicted octanol–water partition coefficient (Wildman–Crippen LogP) is 2.53. The SMILES string of the molecule is CC1CN2CC(C)O[P+]2(c2ccccc2)C1. The van der Waals surface area contributed by atoms with E-state index in [4.69, 9.17) is 4.52 Å². The summed E-state index contributed by atoms with van der Waals surface area (Å²) in [5.74, 6) is 0.779. The highest BCUT2D eigenvalue weighted by molar-refractivity contribution is 7.76. The van der Waals surface area contributed by atoms with Crippen LogP contribution in [-0.4, -0.2) is 30.0 Å². The van der Waals surface area contributed by atoms with Crippen LogP contribution in [-0.2, 0) is 4.52 Å². The molecule has 16 heavy (non-hydrogen) atoms. The third-order valence-corrected chi connectivity index (χ3v) is 7.69. The van der Waals surface area contributed by atoms with Crippen LogP contribution in [0.3, 0.4) is 0 Å². The van der Waals surface area contributed by atoms with Crippen molar-refractivity contribution in [3.63, 3.8) is 0 Å². The van der Waals surface area contributed by atoms with Gasteiger partial charge >= 0.3 is 0 Å². The number of nitrogens with zero attached hydrogens (tertiary/aromatic N) is 1. The van der Waals surface area contributed by atoms with Gasteiger partial charge in [-0.2, -0.15) is 0 Å². The van der Waals surface area contributed by atoms with Gasteiger partial charge < -0.3 is 0 Å². The van der Waals surface area contributed by atoms with E-state index in [2.05, 4.69) is 48.8 Å². The Kier molecular flexibility index (Phi) is 2.54. The molecular weight excluding hydrogens is 217 g/mol. The third kappa shape index (κ3) is 1.52. The summed E-state index contributed by atoms with van der Waals surface area (Å²) in [6.07, 6.45) is 1.64. The maximum Gasteiger partial charge on any atom is 0.249 e. The molecular formula is C13H19NOP+. The van der Waals surface area contributed by atoms with Crippen molar-refractivity contribution in [3.05, 3.63) is 30.3 Å². The highest BCUT2D eigenvalue weighted by Crippen LogP contribution is 2.70. The fourth-order valence-electron chi connectivity index (χ4n) is 3.02. The monoisotopic (exact) mass is 236 g/mol. The maximum atomic E-state index is 6.37. The van der Waals surface area contributed by atoms with Crippen LogP contribution in [0.2, 0.25) is 0 Å². The largest absolute Gasteiger partial charge is 0.249 e. The predicted molar refractivity (Wildman–Crippen MR) is 69.1 cm³/mol. The van der Waals surface area contributed by atoms with Crippen LogP contribution in [0, 0.1) is 5.92 Å². The molecule has 0 aliphatic carbocycles. The molecule has 2 nitrogen and oxygen atoms in total. The zero-order valence-electron chi connectivity index (χ0n) is 9.97. The van der Waals surface area contributed by atoms with Crippen molar-refractivity contribution in [2.24, 2.45) is 5.92 Å². The van der Waals surface area contributed by atoms with Crippen LogP contribution in [0.15, 0.2) is 30.3 Å². The van der Waals surface area contributed by atoms with Crippen LogP contribution in [0.4, 0.5) is 0 Å². The standard InChI is InChI=1S/C13H19NOP/c1-11-8-14-9-12(2)15-16(14,10-11)13-6-4-3-5-7-13/h3-7,11-12H,8-10H2,1-2H3/q+1. The van der Waals surface area contributed by atoms with E-state index in [9.17, 15) is 0 Å². The van der Waals surface area contributed by atoms with Gasteiger partial charge in [-0.1, -0.05) is 25.1 Å². The first-order valence-corrected chi connectivity index (χ1v) is 7.93. The molecule has 1 aromatic rings. The van der Waals surface area contributed by atoms with E-state index in [1.54, 1.807) is 0 Å². The lowest BCUT2D eigenvalue weighted by molar-refractivity contribution is 0.265. The third-order valence-electron chi connectivity index (χ3n) is 3.52. The second kappa shape index (κ2) is 3.80. The van der Waals surface area contributed by atoms with E-state index in [-0.39, 0.29) is 0 Å². The van der Waals surface area contributed by atoms with Gasteiger partial charge in [-0.25, -0.2) is 4.52 Å². The smallest absolute Gasteiger partial charge is 0.209 e. The summed E-state index contributed by atoms with van der Waals surface area (Å²) in [5, 5.41) is 1.43. The van der Waals surface area contributed by atoms with E-state index >= 15 is 0 Å². The van der Waals surface area contributed by atoms with Crippen molar-refractivity contribution < 1.29 is 4.52 Å². The maximum absolute atomic E-state index is 6.37. The van der Waals surface area contributed by atoms with Gasteiger partial charge in [0.25, 0.3) is 0 Å². The van der Waals surface area contributed by atoms with Gasteiger partial charge in [0.15, 0.2) is 0 Å². The number of rotatable bonds is 1. The Morgan fingerprint density at radius 1 is 1.19 bits per heavy atom. The summed E-state index contributed by atoms with van der Waals surface area (Å²) in [6.45, 7) is 6.88. The molecule has 0 spiro atoms. The summed E-state index contributed by atoms with van der Waals surface area (Å²) in [4.78, 5) is 0. The molecule has 2 heterocycles. The van der Waals surface area contributed by atoms with E-state index < -0.39 is 7.64 Å². The Hall–Kier alpha value is -0.430. The van der Waals surface area contributed by atoms with Crippen molar-refractivity contribution in [2.45, 2.75) is 20.0 Å². The molecule has 1 aromatic carbocycles.